The fourth-order valence-corrected chi connectivity index (χ4v) is 2.23. The standard InChI is InChI=1S/C13H19NO3/c1-8-7-11(10(3)17-8)13(15)14-9(2)12-5-4-6-16-12/h7,9,12H,4-6H2,1-3H3,(H,14,15)/t9-,12+/m0/s1. The number of ether oxygens (including phenoxy) is 1. The summed E-state index contributed by atoms with van der Waals surface area (Å²) in [5.74, 6) is 1.35. The van der Waals surface area contributed by atoms with Crippen molar-refractivity contribution in [1.82, 2.24) is 5.32 Å². The Balaban J connectivity index is 1.98. The molecule has 1 amide bonds. The zero-order chi connectivity index (χ0) is 12.4. The maximum absolute atomic E-state index is 12.0. The first-order valence-electron chi connectivity index (χ1n) is 6.07. The smallest absolute Gasteiger partial charge is 0.255 e. The van der Waals surface area contributed by atoms with Gasteiger partial charge in [0.2, 0.25) is 0 Å². The van der Waals surface area contributed by atoms with Crippen molar-refractivity contribution in [1.29, 1.82) is 0 Å². The molecule has 2 rings (SSSR count). The second kappa shape index (κ2) is 4.92. The number of rotatable bonds is 3. The lowest BCUT2D eigenvalue weighted by molar-refractivity contribution is 0.0711. The van der Waals surface area contributed by atoms with E-state index in [9.17, 15) is 4.79 Å². The number of nitrogens with one attached hydrogen (secondary N) is 1. The highest BCUT2D eigenvalue weighted by Gasteiger charge is 2.25. The summed E-state index contributed by atoms with van der Waals surface area (Å²) >= 11 is 0. The van der Waals surface area contributed by atoms with E-state index in [4.69, 9.17) is 9.15 Å². The van der Waals surface area contributed by atoms with Gasteiger partial charge in [-0.2, -0.15) is 0 Å². The monoisotopic (exact) mass is 237 g/mol. The molecule has 0 bridgehead atoms. The Morgan fingerprint density at radius 1 is 1.53 bits per heavy atom. The summed E-state index contributed by atoms with van der Waals surface area (Å²) < 4.78 is 10.9. The topological polar surface area (TPSA) is 51.5 Å². The van der Waals surface area contributed by atoms with E-state index in [1.807, 2.05) is 13.8 Å². The highest BCUT2D eigenvalue weighted by molar-refractivity contribution is 5.95. The molecular formula is C13H19NO3. The molecule has 1 fully saturated rings. The van der Waals surface area contributed by atoms with Crippen molar-refractivity contribution in [2.24, 2.45) is 0 Å². The summed E-state index contributed by atoms with van der Waals surface area (Å²) in [7, 11) is 0. The molecule has 0 spiro atoms. The zero-order valence-corrected chi connectivity index (χ0v) is 10.6. The van der Waals surface area contributed by atoms with Gasteiger partial charge >= 0.3 is 0 Å². The van der Waals surface area contributed by atoms with Crippen molar-refractivity contribution in [3.63, 3.8) is 0 Å². The second-order valence-electron chi connectivity index (χ2n) is 4.64. The van der Waals surface area contributed by atoms with Crippen molar-refractivity contribution in [2.45, 2.75) is 45.8 Å². The van der Waals surface area contributed by atoms with Crippen molar-refractivity contribution in [2.75, 3.05) is 6.61 Å². The molecular weight excluding hydrogens is 218 g/mol. The number of amides is 1. The summed E-state index contributed by atoms with van der Waals surface area (Å²) in [5.41, 5.74) is 0.618. The van der Waals surface area contributed by atoms with Crippen LogP contribution in [0.2, 0.25) is 0 Å². The van der Waals surface area contributed by atoms with Crippen molar-refractivity contribution >= 4 is 5.91 Å². The fraction of sp³-hybridized carbons (Fsp3) is 0.615. The molecule has 2 atom stereocenters. The van der Waals surface area contributed by atoms with Gasteiger partial charge < -0.3 is 14.5 Å². The van der Waals surface area contributed by atoms with Crippen molar-refractivity contribution in [3.8, 4) is 0 Å². The van der Waals surface area contributed by atoms with Gasteiger partial charge in [0.05, 0.1) is 17.7 Å². The van der Waals surface area contributed by atoms with E-state index in [1.54, 1.807) is 13.0 Å². The summed E-state index contributed by atoms with van der Waals surface area (Å²) in [6.07, 6.45) is 2.24. The number of hydrogen-bond donors (Lipinski definition) is 1. The average Bonchev–Trinajstić information content (AvgIpc) is 2.87. The van der Waals surface area contributed by atoms with Crippen LogP contribution in [0.15, 0.2) is 10.5 Å². The predicted octanol–water partition coefficient (Wildman–Crippen LogP) is 2.19. The van der Waals surface area contributed by atoms with Gasteiger partial charge in [0, 0.05) is 6.61 Å². The first-order chi connectivity index (χ1) is 8.08. The zero-order valence-electron chi connectivity index (χ0n) is 10.6. The number of hydrogen-bond acceptors (Lipinski definition) is 3. The lowest BCUT2D eigenvalue weighted by atomic mass is 10.1. The summed E-state index contributed by atoms with van der Waals surface area (Å²) in [6.45, 7) is 6.43. The first kappa shape index (κ1) is 12.2. The van der Waals surface area contributed by atoms with Crippen LogP contribution in [-0.4, -0.2) is 24.7 Å². The van der Waals surface area contributed by atoms with E-state index in [0.717, 1.165) is 25.2 Å². The Morgan fingerprint density at radius 2 is 2.29 bits per heavy atom. The normalized spacial score (nSPS) is 21.5. The van der Waals surface area contributed by atoms with Gasteiger partial charge in [0.15, 0.2) is 0 Å². The Labute approximate surface area is 101 Å². The molecule has 0 unspecified atom stereocenters. The Kier molecular flexibility index (Phi) is 3.52. The van der Waals surface area contributed by atoms with Crippen LogP contribution in [0.4, 0.5) is 0 Å². The second-order valence-corrected chi connectivity index (χ2v) is 4.64. The highest BCUT2D eigenvalue weighted by Crippen LogP contribution is 2.17. The van der Waals surface area contributed by atoms with E-state index >= 15 is 0 Å². The van der Waals surface area contributed by atoms with Crippen LogP contribution in [0.3, 0.4) is 0 Å². The number of furan rings is 1. The lowest BCUT2D eigenvalue weighted by Crippen LogP contribution is -2.40. The lowest BCUT2D eigenvalue weighted by Gasteiger charge is -2.19. The van der Waals surface area contributed by atoms with E-state index < -0.39 is 0 Å². The van der Waals surface area contributed by atoms with Crippen LogP contribution in [0.1, 0.15) is 41.6 Å². The average molecular weight is 237 g/mol. The minimum atomic E-state index is -0.0812. The van der Waals surface area contributed by atoms with Gasteiger partial charge in [0.25, 0.3) is 5.91 Å². The van der Waals surface area contributed by atoms with Gasteiger partial charge in [-0.25, -0.2) is 0 Å². The van der Waals surface area contributed by atoms with E-state index in [1.165, 1.54) is 0 Å². The highest BCUT2D eigenvalue weighted by atomic mass is 16.5. The van der Waals surface area contributed by atoms with E-state index in [2.05, 4.69) is 5.32 Å². The third-order valence-corrected chi connectivity index (χ3v) is 3.17. The molecule has 0 aromatic carbocycles. The number of carbonyl (C=O) groups excluding carboxylic acids is 1. The third-order valence-electron chi connectivity index (χ3n) is 3.17. The molecule has 4 heteroatoms. The molecule has 0 saturated carbocycles. The number of aryl methyl sites for hydroxylation is 2. The molecule has 0 aliphatic carbocycles. The summed E-state index contributed by atoms with van der Waals surface area (Å²) in [6, 6.07) is 1.81. The Hall–Kier alpha value is -1.29. The van der Waals surface area contributed by atoms with E-state index in [0.29, 0.717) is 11.3 Å². The largest absolute Gasteiger partial charge is 0.466 e. The maximum Gasteiger partial charge on any atom is 0.255 e. The molecule has 1 aromatic heterocycles. The molecule has 1 N–H and O–H groups in total. The predicted molar refractivity (Wildman–Crippen MR) is 64.1 cm³/mol. The quantitative estimate of drug-likeness (QED) is 0.876. The third kappa shape index (κ3) is 2.69. The number of carbonyl (C=O) groups is 1. The molecule has 1 aliphatic rings. The van der Waals surface area contributed by atoms with Crippen LogP contribution in [0, 0.1) is 13.8 Å². The SMILES string of the molecule is Cc1cc(C(=O)N[C@@H](C)[C@H]2CCCO2)c(C)o1. The Bertz CT molecular complexity index is 405. The first-order valence-corrected chi connectivity index (χ1v) is 6.07. The summed E-state index contributed by atoms with van der Waals surface area (Å²) in [5, 5.41) is 2.97. The minimum absolute atomic E-state index is 0.0413. The molecule has 1 saturated heterocycles. The molecule has 1 aliphatic heterocycles. The fourth-order valence-electron chi connectivity index (χ4n) is 2.23. The van der Waals surface area contributed by atoms with Gasteiger partial charge in [-0.05, 0) is 39.7 Å². The summed E-state index contributed by atoms with van der Waals surface area (Å²) in [4.78, 5) is 12.0. The molecule has 1 aromatic rings. The van der Waals surface area contributed by atoms with Gasteiger partial charge in [-0.3, -0.25) is 4.79 Å². The van der Waals surface area contributed by atoms with E-state index in [-0.39, 0.29) is 18.1 Å². The molecule has 17 heavy (non-hydrogen) atoms. The molecule has 0 radical (unpaired) electrons. The minimum Gasteiger partial charge on any atom is -0.466 e. The van der Waals surface area contributed by atoms with Crippen molar-refractivity contribution in [3.05, 3.63) is 23.2 Å². The molecule has 4 nitrogen and oxygen atoms in total. The van der Waals surface area contributed by atoms with Crippen LogP contribution in [0.5, 0.6) is 0 Å². The maximum atomic E-state index is 12.0. The Morgan fingerprint density at radius 3 is 2.82 bits per heavy atom. The molecule has 2 heterocycles. The van der Waals surface area contributed by atoms with Crippen LogP contribution < -0.4 is 5.32 Å². The van der Waals surface area contributed by atoms with Crippen LogP contribution in [-0.2, 0) is 4.74 Å². The van der Waals surface area contributed by atoms with Gasteiger partial charge in [0.1, 0.15) is 11.5 Å². The van der Waals surface area contributed by atoms with Crippen LogP contribution >= 0.6 is 0 Å². The van der Waals surface area contributed by atoms with Gasteiger partial charge in [-0.15, -0.1) is 0 Å². The van der Waals surface area contributed by atoms with Gasteiger partial charge in [-0.1, -0.05) is 0 Å². The van der Waals surface area contributed by atoms with Crippen LogP contribution in [0.25, 0.3) is 0 Å². The molecule has 94 valence electrons. The van der Waals surface area contributed by atoms with Crippen molar-refractivity contribution < 1.29 is 13.9 Å².